The third kappa shape index (κ3) is 4.55. The fraction of sp³-hybridized carbons (Fsp3) is 0.409. The Balaban J connectivity index is 1.63. The molecule has 0 aromatic heterocycles. The highest BCUT2D eigenvalue weighted by molar-refractivity contribution is 7.91. The van der Waals surface area contributed by atoms with Crippen LogP contribution in [0.4, 0.5) is 5.69 Å². The average molecular weight is 401 g/mol. The van der Waals surface area contributed by atoms with E-state index in [9.17, 15) is 13.2 Å². The van der Waals surface area contributed by atoms with E-state index in [1.54, 1.807) is 4.90 Å². The molecule has 0 spiro atoms. The van der Waals surface area contributed by atoms with Gasteiger partial charge in [-0.15, -0.1) is 0 Å². The summed E-state index contributed by atoms with van der Waals surface area (Å²) in [6.07, 6.45) is 0.991. The third-order valence-corrected chi connectivity index (χ3v) is 7.60. The fourth-order valence-electron chi connectivity index (χ4n) is 3.82. The van der Waals surface area contributed by atoms with E-state index >= 15 is 0 Å². The number of aryl methyl sites for hydroxylation is 1. The fourth-order valence-corrected chi connectivity index (χ4v) is 5.64. The molecule has 0 saturated carbocycles. The quantitative estimate of drug-likeness (QED) is 0.773. The van der Waals surface area contributed by atoms with Crippen molar-refractivity contribution in [2.45, 2.75) is 30.8 Å². The molecule has 28 heavy (non-hydrogen) atoms. The number of sulfone groups is 1. The summed E-state index contributed by atoms with van der Waals surface area (Å²) in [7, 11) is 0.738. The maximum absolute atomic E-state index is 12.8. The monoisotopic (exact) mass is 400 g/mol. The Kier molecular flexibility index (Phi) is 6.08. The summed E-state index contributed by atoms with van der Waals surface area (Å²) in [4.78, 5) is 16.6. The number of carbonyl (C=O) groups excluding carboxylic acids is 1. The number of nitrogens with zero attached hydrogens (tertiary/aromatic N) is 2. The predicted octanol–water partition coefficient (Wildman–Crippen LogP) is 3.28. The zero-order valence-electron chi connectivity index (χ0n) is 16.8. The van der Waals surface area contributed by atoms with Crippen molar-refractivity contribution >= 4 is 21.4 Å². The summed E-state index contributed by atoms with van der Waals surface area (Å²) >= 11 is 0. The van der Waals surface area contributed by atoms with Crippen LogP contribution in [0.3, 0.4) is 0 Å². The zero-order chi connectivity index (χ0) is 20.3. The summed E-state index contributed by atoms with van der Waals surface area (Å²) in [5.41, 5.74) is 3.62. The minimum absolute atomic E-state index is 0.0210. The van der Waals surface area contributed by atoms with Gasteiger partial charge in [-0.3, -0.25) is 4.79 Å². The van der Waals surface area contributed by atoms with Gasteiger partial charge in [0.15, 0.2) is 9.84 Å². The first kappa shape index (κ1) is 20.4. The normalized spacial score (nSPS) is 15.5. The summed E-state index contributed by atoms with van der Waals surface area (Å²) in [6, 6.07) is 15.0. The smallest absolute Gasteiger partial charge is 0.253 e. The summed E-state index contributed by atoms with van der Waals surface area (Å²) < 4.78 is 25.5. The van der Waals surface area contributed by atoms with Crippen molar-refractivity contribution in [3.05, 3.63) is 65.2 Å². The van der Waals surface area contributed by atoms with Crippen molar-refractivity contribution in [2.24, 2.45) is 0 Å². The van der Waals surface area contributed by atoms with Gasteiger partial charge >= 0.3 is 0 Å². The van der Waals surface area contributed by atoms with E-state index in [2.05, 4.69) is 0 Å². The molecule has 1 fully saturated rings. The SMILES string of the molecule is Cc1cc(C(=O)N2CCC(S(=O)(=O)Cc3ccccc3)CC2)ccc1N(C)C. The van der Waals surface area contributed by atoms with E-state index in [4.69, 9.17) is 0 Å². The molecule has 3 rings (SSSR count). The van der Waals surface area contributed by atoms with Crippen molar-refractivity contribution in [3.8, 4) is 0 Å². The lowest BCUT2D eigenvalue weighted by Gasteiger charge is -2.32. The first-order valence-electron chi connectivity index (χ1n) is 9.60. The Morgan fingerprint density at radius 1 is 1.07 bits per heavy atom. The molecule has 6 heteroatoms. The van der Waals surface area contributed by atoms with Gasteiger partial charge in [0, 0.05) is 38.4 Å². The van der Waals surface area contributed by atoms with E-state index in [1.807, 2.05) is 74.4 Å². The number of benzene rings is 2. The van der Waals surface area contributed by atoms with Gasteiger partial charge in [0.25, 0.3) is 5.91 Å². The Morgan fingerprint density at radius 3 is 2.29 bits per heavy atom. The molecule has 5 nitrogen and oxygen atoms in total. The summed E-state index contributed by atoms with van der Waals surface area (Å²) in [5, 5.41) is -0.380. The highest BCUT2D eigenvalue weighted by Crippen LogP contribution is 2.24. The number of likely N-dealkylation sites (tertiary alicyclic amines) is 1. The van der Waals surface area contributed by atoms with Gasteiger partial charge in [0.2, 0.25) is 0 Å². The van der Waals surface area contributed by atoms with Crippen LogP contribution in [0.25, 0.3) is 0 Å². The van der Waals surface area contributed by atoms with Gasteiger partial charge < -0.3 is 9.80 Å². The molecule has 1 saturated heterocycles. The molecule has 0 atom stereocenters. The van der Waals surface area contributed by atoms with E-state index < -0.39 is 9.84 Å². The van der Waals surface area contributed by atoms with Crippen molar-refractivity contribution in [2.75, 3.05) is 32.1 Å². The number of anilines is 1. The molecule has 0 aliphatic carbocycles. The van der Waals surface area contributed by atoms with Gasteiger partial charge in [0.1, 0.15) is 0 Å². The van der Waals surface area contributed by atoms with Crippen LogP contribution in [0.5, 0.6) is 0 Å². The van der Waals surface area contributed by atoms with Crippen molar-refractivity contribution in [3.63, 3.8) is 0 Å². The van der Waals surface area contributed by atoms with Gasteiger partial charge in [-0.1, -0.05) is 30.3 Å². The highest BCUT2D eigenvalue weighted by Gasteiger charge is 2.32. The molecule has 1 heterocycles. The third-order valence-electron chi connectivity index (χ3n) is 5.37. The first-order chi connectivity index (χ1) is 13.3. The lowest BCUT2D eigenvalue weighted by molar-refractivity contribution is 0.0725. The number of hydrogen-bond acceptors (Lipinski definition) is 4. The molecule has 0 bridgehead atoms. The average Bonchev–Trinajstić information content (AvgIpc) is 2.67. The Morgan fingerprint density at radius 2 is 1.71 bits per heavy atom. The van der Waals surface area contributed by atoms with Crippen LogP contribution in [0, 0.1) is 6.92 Å². The van der Waals surface area contributed by atoms with Gasteiger partial charge in [-0.25, -0.2) is 8.42 Å². The molecule has 2 aromatic carbocycles. The Hall–Kier alpha value is -2.34. The van der Waals surface area contributed by atoms with Gasteiger partial charge in [0.05, 0.1) is 11.0 Å². The molecule has 0 radical (unpaired) electrons. The maximum Gasteiger partial charge on any atom is 0.253 e. The standard InChI is InChI=1S/C22H28N2O3S/c1-17-15-19(9-10-21(17)23(2)3)22(25)24-13-11-20(12-14-24)28(26,27)16-18-7-5-4-6-8-18/h4-10,15,20H,11-14,16H2,1-3H3. The molecule has 0 N–H and O–H groups in total. The summed E-state index contributed by atoms with van der Waals surface area (Å²) in [5.74, 6) is 0.0461. The van der Waals surface area contributed by atoms with Crippen LogP contribution < -0.4 is 4.90 Å². The summed E-state index contributed by atoms with van der Waals surface area (Å²) in [6.45, 7) is 2.95. The molecular weight excluding hydrogens is 372 g/mol. The number of hydrogen-bond donors (Lipinski definition) is 0. The molecule has 1 amide bonds. The second kappa shape index (κ2) is 8.35. The van der Waals surface area contributed by atoms with Gasteiger partial charge in [-0.2, -0.15) is 0 Å². The predicted molar refractivity (Wildman–Crippen MR) is 113 cm³/mol. The molecule has 2 aromatic rings. The van der Waals surface area contributed by atoms with Crippen molar-refractivity contribution in [1.82, 2.24) is 4.90 Å². The second-order valence-corrected chi connectivity index (χ2v) is 9.96. The van der Waals surface area contributed by atoms with Crippen LogP contribution in [0.15, 0.2) is 48.5 Å². The van der Waals surface area contributed by atoms with Crippen LogP contribution in [0.2, 0.25) is 0 Å². The topological polar surface area (TPSA) is 57.7 Å². The van der Waals surface area contributed by atoms with Crippen LogP contribution in [-0.2, 0) is 15.6 Å². The Bertz CT molecular complexity index is 932. The number of carbonyl (C=O) groups is 1. The van der Waals surface area contributed by atoms with Crippen molar-refractivity contribution in [1.29, 1.82) is 0 Å². The van der Waals surface area contributed by atoms with Crippen molar-refractivity contribution < 1.29 is 13.2 Å². The van der Waals surface area contributed by atoms with E-state index in [1.165, 1.54) is 0 Å². The number of rotatable bonds is 5. The molecule has 1 aliphatic rings. The maximum atomic E-state index is 12.8. The minimum atomic E-state index is -3.22. The van der Waals surface area contributed by atoms with Crippen LogP contribution in [-0.4, -0.2) is 51.7 Å². The highest BCUT2D eigenvalue weighted by atomic mass is 32.2. The second-order valence-electron chi connectivity index (χ2n) is 7.68. The molecule has 150 valence electrons. The number of amides is 1. The first-order valence-corrected chi connectivity index (χ1v) is 11.3. The van der Waals surface area contributed by atoms with Gasteiger partial charge in [-0.05, 0) is 49.1 Å². The zero-order valence-corrected chi connectivity index (χ0v) is 17.6. The molecule has 1 aliphatic heterocycles. The van der Waals surface area contributed by atoms with E-state index in [0.717, 1.165) is 16.8 Å². The molecule has 0 unspecified atom stereocenters. The van der Waals surface area contributed by atoms with E-state index in [-0.39, 0.29) is 16.9 Å². The van der Waals surface area contributed by atoms with Crippen LogP contribution in [0.1, 0.15) is 34.3 Å². The minimum Gasteiger partial charge on any atom is -0.377 e. The Labute approximate surface area is 167 Å². The molecular formula is C22H28N2O3S. The largest absolute Gasteiger partial charge is 0.377 e. The lowest BCUT2D eigenvalue weighted by atomic mass is 10.1. The van der Waals surface area contributed by atoms with Crippen LogP contribution >= 0.6 is 0 Å². The number of piperidine rings is 1. The van der Waals surface area contributed by atoms with E-state index in [0.29, 0.717) is 31.5 Å². The lowest BCUT2D eigenvalue weighted by Crippen LogP contribution is -2.42.